The van der Waals surface area contributed by atoms with Crippen LogP contribution in [-0.4, -0.2) is 17.0 Å². The molecular formula is C14H14ClN3OS. The van der Waals surface area contributed by atoms with E-state index < -0.39 is 0 Å². The Morgan fingerprint density at radius 2 is 2.10 bits per heavy atom. The first-order valence-corrected chi connectivity index (χ1v) is 7.42. The fourth-order valence-electron chi connectivity index (χ4n) is 2.17. The normalized spacial score (nSPS) is 11.2. The molecule has 20 heavy (non-hydrogen) atoms. The molecule has 0 aliphatic rings. The van der Waals surface area contributed by atoms with Crippen LogP contribution in [0.3, 0.4) is 0 Å². The van der Waals surface area contributed by atoms with Crippen LogP contribution >= 0.6 is 22.9 Å². The van der Waals surface area contributed by atoms with Crippen molar-refractivity contribution in [1.29, 1.82) is 0 Å². The highest BCUT2D eigenvalue weighted by Crippen LogP contribution is 2.31. The maximum absolute atomic E-state index is 6.02. The van der Waals surface area contributed by atoms with Crippen molar-refractivity contribution in [2.45, 2.75) is 20.4 Å². The van der Waals surface area contributed by atoms with E-state index in [1.165, 1.54) is 4.88 Å². The van der Waals surface area contributed by atoms with Gasteiger partial charge < -0.3 is 9.32 Å². The molecule has 0 aliphatic carbocycles. The van der Waals surface area contributed by atoms with E-state index in [0.29, 0.717) is 6.54 Å². The number of rotatable bonds is 3. The molecule has 0 spiro atoms. The number of aromatic nitrogens is 2. The fourth-order valence-corrected chi connectivity index (χ4v) is 3.26. The lowest BCUT2D eigenvalue weighted by Crippen LogP contribution is -2.17. The zero-order valence-corrected chi connectivity index (χ0v) is 13.0. The van der Waals surface area contributed by atoms with Crippen LogP contribution in [0.15, 0.2) is 22.6 Å². The van der Waals surface area contributed by atoms with E-state index in [4.69, 9.17) is 16.0 Å². The molecule has 3 aromatic rings. The fraction of sp³-hybridized carbons (Fsp3) is 0.286. The van der Waals surface area contributed by atoms with Gasteiger partial charge in [0.15, 0.2) is 0 Å². The van der Waals surface area contributed by atoms with Gasteiger partial charge in [-0.1, -0.05) is 0 Å². The number of thiophene rings is 1. The number of anilines is 1. The van der Waals surface area contributed by atoms with Gasteiger partial charge in [0.25, 0.3) is 0 Å². The predicted octanol–water partition coefficient (Wildman–Crippen LogP) is 4.19. The molecule has 3 heterocycles. The van der Waals surface area contributed by atoms with Gasteiger partial charge in [0.1, 0.15) is 22.2 Å². The third-order valence-corrected chi connectivity index (χ3v) is 4.13. The van der Waals surface area contributed by atoms with E-state index in [2.05, 4.69) is 23.0 Å². The molecule has 0 aromatic carbocycles. The maximum atomic E-state index is 6.02. The molecule has 3 rings (SSSR count). The highest BCUT2D eigenvalue weighted by atomic mass is 35.5. The first kappa shape index (κ1) is 13.4. The first-order valence-electron chi connectivity index (χ1n) is 6.23. The molecular weight excluding hydrogens is 294 g/mol. The van der Waals surface area contributed by atoms with Crippen LogP contribution in [-0.2, 0) is 6.54 Å². The minimum absolute atomic E-state index is 0.275. The zero-order chi connectivity index (χ0) is 14.3. The number of aryl methyl sites for hydroxylation is 2. The molecule has 104 valence electrons. The molecule has 0 atom stereocenters. The summed E-state index contributed by atoms with van der Waals surface area (Å²) in [5.74, 6) is 2.64. The Bertz CT molecular complexity index is 765. The van der Waals surface area contributed by atoms with E-state index in [0.717, 1.165) is 27.6 Å². The van der Waals surface area contributed by atoms with Gasteiger partial charge in [0.2, 0.25) is 5.28 Å². The number of hydrogen-bond acceptors (Lipinski definition) is 5. The Labute approximate surface area is 126 Å². The van der Waals surface area contributed by atoms with Crippen molar-refractivity contribution in [3.8, 4) is 0 Å². The predicted molar refractivity (Wildman–Crippen MR) is 82.7 cm³/mol. The Kier molecular flexibility index (Phi) is 3.40. The number of halogens is 1. The van der Waals surface area contributed by atoms with Gasteiger partial charge in [-0.25, -0.2) is 4.98 Å². The van der Waals surface area contributed by atoms with Crippen molar-refractivity contribution < 1.29 is 4.42 Å². The molecule has 0 radical (unpaired) electrons. The third kappa shape index (κ3) is 2.51. The van der Waals surface area contributed by atoms with Crippen molar-refractivity contribution in [2.75, 3.05) is 11.9 Å². The second-order valence-corrected chi connectivity index (χ2v) is 6.33. The Balaban J connectivity index is 1.99. The zero-order valence-electron chi connectivity index (χ0n) is 11.5. The second kappa shape index (κ2) is 5.07. The van der Waals surface area contributed by atoms with Crippen molar-refractivity contribution in [3.05, 3.63) is 39.9 Å². The summed E-state index contributed by atoms with van der Waals surface area (Å²) in [5.41, 5.74) is 0. The molecule has 0 fully saturated rings. The topological polar surface area (TPSA) is 42.2 Å². The monoisotopic (exact) mass is 307 g/mol. The van der Waals surface area contributed by atoms with Crippen molar-refractivity contribution in [1.82, 2.24) is 9.97 Å². The SMILES string of the molecule is Cc1ccc(CN(C)c2nc(Cl)nc3sc(C)cc23)o1. The molecule has 6 heteroatoms. The minimum atomic E-state index is 0.275. The van der Waals surface area contributed by atoms with Crippen molar-refractivity contribution in [3.63, 3.8) is 0 Å². The molecule has 4 nitrogen and oxygen atoms in total. The number of furan rings is 1. The summed E-state index contributed by atoms with van der Waals surface area (Å²) in [6.07, 6.45) is 0. The van der Waals surface area contributed by atoms with Crippen LogP contribution in [0.1, 0.15) is 16.4 Å². The summed E-state index contributed by atoms with van der Waals surface area (Å²) in [6, 6.07) is 6.03. The van der Waals surface area contributed by atoms with Gasteiger partial charge in [-0.15, -0.1) is 11.3 Å². The van der Waals surface area contributed by atoms with E-state index in [1.54, 1.807) is 11.3 Å². The number of hydrogen-bond donors (Lipinski definition) is 0. The van der Waals surface area contributed by atoms with E-state index in [-0.39, 0.29) is 5.28 Å². The first-order chi connectivity index (χ1) is 9.52. The Hall–Kier alpha value is -1.59. The van der Waals surface area contributed by atoms with Gasteiger partial charge >= 0.3 is 0 Å². The Morgan fingerprint density at radius 3 is 2.80 bits per heavy atom. The highest BCUT2D eigenvalue weighted by molar-refractivity contribution is 7.18. The smallest absolute Gasteiger partial charge is 0.225 e. The molecule has 0 saturated heterocycles. The van der Waals surface area contributed by atoms with Crippen LogP contribution in [0.4, 0.5) is 5.82 Å². The standard InChI is InChI=1S/C14H14ClN3OS/c1-8-4-5-10(19-8)7-18(3)12-11-6-9(2)20-13(11)17-14(15)16-12/h4-6H,7H2,1-3H3. The third-order valence-electron chi connectivity index (χ3n) is 3.02. The lowest BCUT2D eigenvalue weighted by molar-refractivity contribution is 0.481. The second-order valence-electron chi connectivity index (χ2n) is 4.76. The van der Waals surface area contributed by atoms with Gasteiger partial charge in [-0.2, -0.15) is 4.98 Å². The van der Waals surface area contributed by atoms with Gasteiger partial charge in [-0.05, 0) is 43.6 Å². The van der Waals surface area contributed by atoms with Crippen LogP contribution in [0.2, 0.25) is 5.28 Å². The largest absolute Gasteiger partial charge is 0.464 e. The summed E-state index contributed by atoms with van der Waals surface area (Å²) in [6.45, 7) is 4.64. The molecule has 3 aromatic heterocycles. The van der Waals surface area contributed by atoms with Crippen LogP contribution in [0, 0.1) is 13.8 Å². The number of nitrogens with zero attached hydrogens (tertiary/aromatic N) is 3. The van der Waals surface area contributed by atoms with Crippen molar-refractivity contribution in [2.24, 2.45) is 0 Å². The van der Waals surface area contributed by atoms with Crippen LogP contribution in [0.5, 0.6) is 0 Å². The lowest BCUT2D eigenvalue weighted by atomic mass is 10.3. The van der Waals surface area contributed by atoms with E-state index in [9.17, 15) is 0 Å². The Morgan fingerprint density at radius 1 is 1.30 bits per heavy atom. The van der Waals surface area contributed by atoms with Gasteiger partial charge in [-0.3, -0.25) is 0 Å². The van der Waals surface area contributed by atoms with Gasteiger partial charge in [0, 0.05) is 11.9 Å². The molecule has 0 saturated carbocycles. The molecule has 0 aliphatic heterocycles. The van der Waals surface area contributed by atoms with E-state index >= 15 is 0 Å². The molecule has 0 bridgehead atoms. The summed E-state index contributed by atoms with van der Waals surface area (Å²) >= 11 is 7.64. The minimum Gasteiger partial charge on any atom is -0.464 e. The average Bonchev–Trinajstić information content (AvgIpc) is 2.93. The van der Waals surface area contributed by atoms with Crippen LogP contribution < -0.4 is 4.90 Å². The van der Waals surface area contributed by atoms with Crippen LogP contribution in [0.25, 0.3) is 10.2 Å². The highest BCUT2D eigenvalue weighted by Gasteiger charge is 2.14. The van der Waals surface area contributed by atoms with Crippen molar-refractivity contribution >= 4 is 39.0 Å². The van der Waals surface area contributed by atoms with E-state index in [1.807, 2.05) is 31.0 Å². The maximum Gasteiger partial charge on any atom is 0.225 e. The molecule has 0 amide bonds. The summed E-state index contributed by atoms with van der Waals surface area (Å²) < 4.78 is 5.61. The summed E-state index contributed by atoms with van der Waals surface area (Å²) in [5, 5.41) is 1.31. The molecule has 0 N–H and O–H groups in total. The van der Waals surface area contributed by atoms with Gasteiger partial charge in [0.05, 0.1) is 11.9 Å². The summed E-state index contributed by atoms with van der Waals surface area (Å²) in [7, 11) is 1.98. The number of fused-ring (bicyclic) bond motifs is 1. The molecule has 0 unspecified atom stereocenters. The lowest BCUT2D eigenvalue weighted by Gasteiger charge is -2.17. The average molecular weight is 308 g/mol. The summed E-state index contributed by atoms with van der Waals surface area (Å²) in [4.78, 5) is 12.8. The quantitative estimate of drug-likeness (QED) is 0.680.